The number of carbonyl (C=O) groups excluding carboxylic acids is 3. The van der Waals surface area contributed by atoms with Crippen molar-refractivity contribution in [2.75, 3.05) is 13.2 Å². The third-order valence-corrected chi connectivity index (χ3v) is 5.00. The molecule has 3 N–H and O–H groups in total. The largest absolute Gasteiger partial charge is 0.338 e. The summed E-state index contributed by atoms with van der Waals surface area (Å²) in [6.07, 6.45) is 5.31. The van der Waals surface area contributed by atoms with Gasteiger partial charge < -0.3 is 10.6 Å². The fraction of sp³-hybridized carbons (Fsp3) is 0.455. The van der Waals surface area contributed by atoms with Gasteiger partial charge >= 0.3 is 0 Å². The van der Waals surface area contributed by atoms with Gasteiger partial charge in [0.25, 0.3) is 5.91 Å². The number of amides is 3. The van der Waals surface area contributed by atoms with Gasteiger partial charge in [0, 0.05) is 23.9 Å². The van der Waals surface area contributed by atoms with Crippen molar-refractivity contribution >= 4 is 18.2 Å². The van der Waals surface area contributed by atoms with Gasteiger partial charge in [-0.05, 0) is 31.5 Å². The fourth-order valence-electron chi connectivity index (χ4n) is 3.32. The first-order valence-electron chi connectivity index (χ1n) is 10.6. The molecule has 0 aliphatic carbocycles. The van der Waals surface area contributed by atoms with Gasteiger partial charge in [0.15, 0.2) is 0 Å². The molecule has 2 rings (SSSR count). The van der Waals surface area contributed by atoms with Crippen molar-refractivity contribution in [2.24, 2.45) is 5.92 Å². The van der Waals surface area contributed by atoms with Crippen LogP contribution in [-0.2, 0) is 16.1 Å². The number of benzene rings is 1. The van der Waals surface area contributed by atoms with Crippen molar-refractivity contribution in [3.63, 3.8) is 0 Å². The van der Waals surface area contributed by atoms with Crippen LogP contribution in [0.1, 0.15) is 49.9 Å². The zero-order valence-electron chi connectivity index (χ0n) is 18.1. The predicted molar refractivity (Wildman–Crippen MR) is 116 cm³/mol. The summed E-state index contributed by atoms with van der Waals surface area (Å²) in [7, 11) is 0. The molecule has 0 saturated carbocycles. The Kier molecular flexibility index (Phi) is 9.70. The van der Waals surface area contributed by atoms with E-state index in [0.717, 1.165) is 37.1 Å². The lowest BCUT2D eigenvalue weighted by atomic mass is 10.0. The van der Waals surface area contributed by atoms with E-state index >= 15 is 0 Å². The van der Waals surface area contributed by atoms with Crippen LogP contribution in [0.4, 0.5) is 0 Å². The second kappa shape index (κ2) is 12.5. The van der Waals surface area contributed by atoms with Gasteiger partial charge in [-0.15, -0.1) is 0 Å². The highest BCUT2D eigenvalue weighted by Gasteiger charge is 2.20. The maximum absolute atomic E-state index is 12.5. The molecule has 0 spiro atoms. The van der Waals surface area contributed by atoms with Crippen molar-refractivity contribution in [3.8, 4) is 11.3 Å². The van der Waals surface area contributed by atoms with Crippen LogP contribution in [0.3, 0.4) is 0 Å². The van der Waals surface area contributed by atoms with Gasteiger partial charge in [-0.3, -0.25) is 24.3 Å². The lowest BCUT2D eigenvalue weighted by molar-refractivity contribution is -0.154. The highest BCUT2D eigenvalue weighted by molar-refractivity contribution is 5.95. The lowest BCUT2D eigenvalue weighted by Crippen LogP contribution is -2.43. The Morgan fingerprint density at radius 2 is 2.03 bits per heavy atom. The quantitative estimate of drug-likeness (QED) is 0.149. The standard InChI is InChI=1S/C22H31N5O4/c1-3-5-6-8-19(14-26(31)16-28)22(30)24-15-23-21(29)18-10-7-9-17(13-18)20-11-12-25-27(20)4-2/h7,9-13,16,19,31H,3-6,8,14-15H2,1-2H3,(H,23,29)(H,24,30)/t19-/m1/s1. The van der Waals surface area contributed by atoms with Crippen molar-refractivity contribution in [1.29, 1.82) is 0 Å². The van der Waals surface area contributed by atoms with Crippen LogP contribution < -0.4 is 10.6 Å². The van der Waals surface area contributed by atoms with Crippen LogP contribution in [0, 0.1) is 5.92 Å². The zero-order valence-corrected chi connectivity index (χ0v) is 18.1. The van der Waals surface area contributed by atoms with Crippen molar-refractivity contribution in [1.82, 2.24) is 25.5 Å². The summed E-state index contributed by atoms with van der Waals surface area (Å²) in [5, 5.41) is 19.5. The molecule has 1 heterocycles. The van der Waals surface area contributed by atoms with E-state index in [9.17, 15) is 19.6 Å². The topological polar surface area (TPSA) is 117 Å². The number of hydrogen-bond acceptors (Lipinski definition) is 5. The van der Waals surface area contributed by atoms with Crippen LogP contribution in [-0.4, -0.2) is 51.5 Å². The highest BCUT2D eigenvalue weighted by atomic mass is 16.5. The molecular formula is C22H31N5O4. The van der Waals surface area contributed by atoms with E-state index in [1.165, 1.54) is 0 Å². The Bertz CT molecular complexity index is 867. The van der Waals surface area contributed by atoms with Crippen LogP contribution in [0.5, 0.6) is 0 Å². The molecule has 1 aromatic carbocycles. The van der Waals surface area contributed by atoms with Crippen molar-refractivity contribution in [2.45, 2.75) is 46.1 Å². The van der Waals surface area contributed by atoms with Crippen LogP contribution in [0.15, 0.2) is 36.5 Å². The molecule has 9 nitrogen and oxygen atoms in total. The van der Waals surface area contributed by atoms with Crippen molar-refractivity contribution in [3.05, 3.63) is 42.1 Å². The molecular weight excluding hydrogens is 398 g/mol. The number of hydroxylamine groups is 2. The highest BCUT2D eigenvalue weighted by Crippen LogP contribution is 2.20. The van der Waals surface area contributed by atoms with Gasteiger partial charge in [0.05, 0.1) is 24.8 Å². The lowest BCUT2D eigenvalue weighted by Gasteiger charge is -2.19. The van der Waals surface area contributed by atoms with Crippen LogP contribution in [0.25, 0.3) is 11.3 Å². The minimum Gasteiger partial charge on any atom is -0.338 e. The molecule has 0 bridgehead atoms. The van der Waals surface area contributed by atoms with Crippen LogP contribution >= 0.6 is 0 Å². The van der Waals surface area contributed by atoms with Gasteiger partial charge in [0.1, 0.15) is 0 Å². The first-order chi connectivity index (χ1) is 15.0. The molecule has 1 aromatic heterocycles. The monoisotopic (exact) mass is 429 g/mol. The molecule has 2 aromatic rings. The normalized spacial score (nSPS) is 11.6. The SMILES string of the molecule is CCCCC[C@H](CN(O)C=O)C(=O)NCNC(=O)c1cccc(-c2ccnn2CC)c1. The number of aromatic nitrogens is 2. The van der Waals surface area contributed by atoms with E-state index in [1.807, 2.05) is 23.7 Å². The molecule has 0 fully saturated rings. The molecule has 0 saturated heterocycles. The average Bonchev–Trinajstić information content (AvgIpc) is 3.27. The third kappa shape index (κ3) is 7.21. The molecule has 1 atom stereocenters. The first-order valence-corrected chi connectivity index (χ1v) is 10.6. The smallest absolute Gasteiger partial charge is 0.252 e. The first kappa shape index (κ1) is 24.1. The predicted octanol–water partition coefficient (Wildman–Crippen LogP) is 2.42. The van der Waals surface area contributed by atoms with E-state index in [2.05, 4.69) is 22.7 Å². The van der Waals surface area contributed by atoms with Gasteiger partial charge in [-0.25, -0.2) is 5.06 Å². The Labute approximate surface area is 182 Å². The van der Waals surface area contributed by atoms with E-state index < -0.39 is 5.92 Å². The molecule has 0 unspecified atom stereocenters. The molecule has 0 aliphatic rings. The molecule has 9 heteroatoms. The minimum absolute atomic E-state index is 0.0500. The summed E-state index contributed by atoms with van der Waals surface area (Å²) in [5.41, 5.74) is 2.27. The molecule has 0 aliphatic heterocycles. The summed E-state index contributed by atoms with van der Waals surface area (Å²) in [5.74, 6) is -1.18. The summed E-state index contributed by atoms with van der Waals surface area (Å²) < 4.78 is 1.85. The maximum Gasteiger partial charge on any atom is 0.252 e. The molecule has 0 radical (unpaired) electrons. The number of nitrogens with zero attached hydrogens (tertiary/aromatic N) is 3. The van der Waals surface area contributed by atoms with E-state index in [1.54, 1.807) is 24.4 Å². The minimum atomic E-state index is -0.545. The number of hydrogen-bond donors (Lipinski definition) is 3. The maximum atomic E-state index is 12.5. The fourth-order valence-corrected chi connectivity index (χ4v) is 3.32. The number of rotatable bonds is 13. The van der Waals surface area contributed by atoms with Gasteiger partial charge in [0.2, 0.25) is 12.3 Å². The van der Waals surface area contributed by atoms with E-state index in [4.69, 9.17) is 0 Å². The Balaban J connectivity index is 1.93. The Morgan fingerprint density at radius 1 is 1.23 bits per heavy atom. The van der Waals surface area contributed by atoms with Gasteiger partial charge in [-0.1, -0.05) is 38.3 Å². The number of nitrogens with one attached hydrogen (secondary N) is 2. The second-order valence-electron chi connectivity index (χ2n) is 7.26. The third-order valence-electron chi connectivity index (χ3n) is 5.00. The molecule has 3 amide bonds. The summed E-state index contributed by atoms with van der Waals surface area (Å²) in [6, 6.07) is 9.09. The summed E-state index contributed by atoms with van der Waals surface area (Å²) >= 11 is 0. The van der Waals surface area contributed by atoms with Crippen LogP contribution in [0.2, 0.25) is 0 Å². The van der Waals surface area contributed by atoms with Gasteiger partial charge in [-0.2, -0.15) is 5.10 Å². The number of aryl methyl sites for hydroxylation is 1. The van der Waals surface area contributed by atoms with E-state index in [-0.39, 0.29) is 31.4 Å². The second-order valence-corrected chi connectivity index (χ2v) is 7.26. The zero-order chi connectivity index (χ0) is 22.6. The molecule has 168 valence electrons. The van der Waals surface area contributed by atoms with Crippen molar-refractivity contribution < 1.29 is 19.6 Å². The summed E-state index contributed by atoms with van der Waals surface area (Å²) in [6.45, 7) is 4.64. The summed E-state index contributed by atoms with van der Waals surface area (Å²) in [4.78, 5) is 35.7. The Hall–Kier alpha value is -3.20. The number of unbranched alkanes of at least 4 members (excludes halogenated alkanes) is 2. The van der Waals surface area contributed by atoms with E-state index in [0.29, 0.717) is 17.0 Å². The Morgan fingerprint density at radius 3 is 2.74 bits per heavy atom. The average molecular weight is 430 g/mol. The number of carbonyl (C=O) groups is 3. The molecule has 31 heavy (non-hydrogen) atoms.